The molecule has 0 saturated carbocycles. The van der Waals surface area contributed by atoms with E-state index in [0.29, 0.717) is 6.42 Å². The monoisotopic (exact) mass is 431 g/mol. The van der Waals surface area contributed by atoms with Crippen molar-refractivity contribution in [3.8, 4) is 6.07 Å². The zero-order chi connectivity index (χ0) is 23.7. The topological polar surface area (TPSA) is 103 Å². The maximum absolute atomic E-state index is 12.6. The van der Waals surface area contributed by atoms with Crippen molar-refractivity contribution >= 4 is 17.9 Å². The first kappa shape index (κ1) is 26.2. The van der Waals surface area contributed by atoms with E-state index in [2.05, 4.69) is 0 Å². The molecule has 0 aliphatic heterocycles. The molecule has 0 radical (unpaired) electrons. The first-order valence-corrected chi connectivity index (χ1v) is 10.4. The molecule has 0 N–H and O–H groups in total. The molecule has 0 fully saturated rings. The van der Waals surface area contributed by atoms with E-state index in [9.17, 15) is 19.6 Å². The zero-order valence-electron chi connectivity index (χ0n) is 19.3. The Morgan fingerprint density at radius 2 is 1.61 bits per heavy atom. The van der Waals surface area contributed by atoms with Gasteiger partial charge < -0.3 is 14.2 Å². The predicted molar refractivity (Wildman–Crippen MR) is 115 cm³/mol. The molecule has 0 amide bonds. The number of carbonyl (C=O) groups is 3. The second kappa shape index (κ2) is 11.5. The van der Waals surface area contributed by atoms with Crippen LogP contribution in [0.15, 0.2) is 24.3 Å². The summed E-state index contributed by atoms with van der Waals surface area (Å²) in [6.45, 7) is 8.71. The summed E-state index contributed by atoms with van der Waals surface area (Å²) < 4.78 is 15.2. The van der Waals surface area contributed by atoms with Crippen LogP contribution in [0.25, 0.3) is 0 Å². The Bertz CT molecular complexity index is 808. The highest BCUT2D eigenvalue weighted by atomic mass is 16.6. The van der Waals surface area contributed by atoms with E-state index in [4.69, 9.17) is 14.2 Å². The van der Waals surface area contributed by atoms with E-state index < -0.39 is 34.7 Å². The molecule has 170 valence electrons. The van der Waals surface area contributed by atoms with Crippen molar-refractivity contribution < 1.29 is 28.6 Å². The van der Waals surface area contributed by atoms with Gasteiger partial charge in [-0.15, -0.1) is 0 Å². The van der Waals surface area contributed by atoms with Crippen LogP contribution in [-0.4, -0.2) is 38.2 Å². The van der Waals surface area contributed by atoms with Crippen LogP contribution < -0.4 is 0 Å². The minimum Gasteiger partial charge on any atom is -0.469 e. The molecule has 1 rings (SSSR count). The molecule has 31 heavy (non-hydrogen) atoms. The fourth-order valence-corrected chi connectivity index (χ4v) is 3.36. The molecule has 2 atom stereocenters. The second-order valence-corrected chi connectivity index (χ2v) is 8.64. The second-order valence-electron chi connectivity index (χ2n) is 8.64. The number of esters is 3. The SMILES string of the molecule is CCC(C)(CC(C)(C)C(=O)OC)C(=O)OCCOC(=O)C(C#N)Cc1ccc(C)cc1. The summed E-state index contributed by atoms with van der Waals surface area (Å²) in [7, 11) is 1.31. The summed E-state index contributed by atoms with van der Waals surface area (Å²) in [6, 6.07) is 9.54. The highest BCUT2D eigenvalue weighted by Crippen LogP contribution is 2.38. The quantitative estimate of drug-likeness (QED) is 0.298. The molecule has 2 unspecified atom stereocenters. The van der Waals surface area contributed by atoms with Crippen LogP contribution in [-0.2, 0) is 35.0 Å². The maximum Gasteiger partial charge on any atom is 0.323 e. The average Bonchev–Trinajstić information content (AvgIpc) is 2.74. The van der Waals surface area contributed by atoms with E-state index in [-0.39, 0.29) is 26.1 Å². The number of hydrogen-bond acceptors (Lipinski definition) is 7. The van der Waals surface area contributed by atoms with Crippen LogP contribution in [0.1, 0.15) is 51.7 Å². The number of benzene rings is 1. The number of methoxy groups -OCH3 is 1. The number of hydrogen-bond donors (Lipinski definition) is 0. The lowest BCUT2D eigenvalue weighted by atomic mass is 9.72. The van der Waals surface area contributed by atoms with Gasteiger partial charge >= 0.3 is 17.9 Å². The molecule has 1 aromatic rings. The van der Waals surface area contributed by atoms with Gasteiger partial charge in [0.25, 0.3) is 0 Å². The zero-order valence-corrected chi connectivity index (χ0v) is 19.3. The largest absolute Gasteiger partial charge is 0.469 e. The maximum atomic E-state index is 12.6. The van der Waals surface area contributed by atoms with Gasteiger partial charge in [0.1, 0.15) is 19.1 Å². The van der Waals surface area contributed by atoms with Gasteiger partial charge in [-0.05, 0) is 52.5 Å². The molecule has 0 bridgehead atoms. The minimum atomic E-state index is -0.930. The first-order valence-electron chi connectivity index (χ1n) is 10.4. The van der Waals surface area contributed by atoms with Crippen LogP contribution in [0.4, 0.5) is 0 Å². The van der Waals surface area contributed by atoms with Crippen molar-refractivity contribution in [1.82, 2.24) is 0 Å². The molecule has 0 aliphatic rings. The third-order valence-electron chi connectivity index (χ3n) is 5.40. The predicted octanol–water partition coefficient (Wildman–Crippen LogP) is 3.77. The summed E-state index contributed by atoms with van der Waals surface area (Å²) in [6.07, 6.45) is 0.986. The Hall–Kier alpha value is -2.88. The lowest BCUT2D eigenvalue weighted by Crippen LogP contribution is -2.38. The van der Waals surface area contributed by atoms with Gasteiger partial charge in [-0.1, -0.05) is 36.8 Å². The smallest absolute Gasteiger partial charge is 0.323 e. The third-order valence-corrected chi connectivity index (χ3v) is 5.40. The normalized spacial score (nSPS) is 14.0. The van der Waals surface area contributed by atoms with Crippen molar-refractivity contribution in [1.29, 1.82) is 5.26 Å². The van der Waals surface area contributed by atoms with Crippen molar-refractivity contribution in [2.24, 2.45) is 16.7 Å². The number of rotatable bonds is 11. The Kier molecular flexibility index (Phi) is 9.70. The Balaban J connectivity index is 2.56. The molecule has 7 nitrogen and oxygen atoms in total. The van der Waals surface area contributed by atoms with Gasteiger partial charge in [-0.2, -0.15) is 5.26 Å². The van der Waals surface area contributed by atoms with Crippen LogP contribution in [0.5, 0.6) is 0 Å². The van der Waals surface area contributed by atoms with E-state index in [1.54, 1.807) is 20.8 Å². The highest BCUT2D eigenvalue weighted by molar-refractivity contribution is 5.80. The van der Waals surface area contributed by atoms with E-state index >= 15 is 0 Å². The Morgan fingerprint density at radius 3 is 2.13 bits per heavy atom. The Labute approximate surface area is 184 Å². The van der Waals surface area contributed by atoms with Crippen molar-refractivity contribution in [2.75, 3.05) is 20.3 Å². The number of nitriles is 1. The fraction of sp³-hybridized carbons (Fsp3) is 0.583. The van der Waals surface area contributed by atoms with Crippen LogP contribution in [0.3, 0.4) is 0 Å². The van der Waals surface area contributed by atoms with Crippen LogP contribution in [0.2, 0.25) is 0 Å². The fourth-order valence-electron chi connectivity index (χ4n) is 3.36. The lowest BCUT2D eigenvalue weighted by molar-refractivity contribution is -0.165. The van der Waals surface area contributed by atoms with Gasteiger partial charge in [-0.3, -0.25) is 14.4 Å². The van der Waals surface area contributed by atoms with E-state index in [1.165, 1.54) is 7.11 Å². The summed E-state index contributed by atoms with van der Waals surface area (Å²) in [5, 5.41) is 9.30. The summed E-state index contributed by atoms with van der Waals surface area (Å²) in [4.78, 5) is 36.8. The summed E-state index contributed by atoms with van der Waals surface area (Å²) in [5.41, 5.74) is 0.228. The molecule has 1 aromatic carbocycles. The van der Waals surface area contributed by atoms with Gasteiger partial charge in [0.15, 0.2) is 0 Å². The molecule has 0 heterocycles. The van der Waals surface area contributed by atoms with E-state index in [1.807, 2.05) is 44.2 Å². The highest BCUT2D eigenvalue weighted by Gasteiger charge is 2.42. The van der Waals surface area contributed by atoms with E-state index in [0.717, 1.165) is 11.1 Å². The number of aryl methyl sites for hydroxylation is 1. The van der Waals surface area contributed by atoms with Gasteiger partial charge in [0, 0.05) is 0 Å². The third kappa shape index (κ3) is 7.71. The van der Waals surface area contributed by atoms with Crippen molar-refractivity contribution in [3.63, 3.8) is 0 Å². The molecule has 0 spiro atoms. The number of carbonyl (C=O) groups excluding carboxylic acids is 3. The minimum absolute atomic E-state index is 0.124. The van der Waals surface area contributed by atoms with Crippen molar-refractivity contribution in [3.05, 3.63) is 35.4 Å². The summed E-state index contributed by atoms with van der Waals surface area (Å²) in [5.74, 6) is -2.45. The first-order chi connectivity index (χ1) is 14.5. The molecule has 7 heteroatoms. The van der Waals surface area contributed by atoms with Crippen LogP contribution in [0, 0.1) is 35.0 Å². The van der Waals surface area contributed by atoms with Crippen LogP contribution >= 0.6 is 0 Å². The molecular weight excluding hydrogens is 398 g/mol. The standard InChI is InChI=1S/C24H33NO6/c1-7-24(5,16-23(3,4)21(27)29-6)22(28)31-13-12-30-20(26)19(15-25)14-18-10-8-17(2)9-11-18/h8-11,19H,7,12-14,16H2,1-6H3. The molecular formula is C24H33NO6. The molecule has 0 aliphatic carbocycles. The molecule has 0 aromatic heterocycles. The van der Waals surface area contributed by atoms with Crippen molar-refractivity contribution in [2.45, 2.75) is 53.9 Å². The van der Waals surface area contributed by atoms with Gasteiger partial charge in [0.2, 0.25) is 0 Å². The van der Waals surface area contributed by atoms with Gasteiger partial charge in [0.05, 0.1) is 24.0 Å². The number of ether oxygens (including phenoxy) is 3. The summed E-state index contributed by atoms with van der Waals surface area (Å²) >= 11 is 0. The molecule has 0 saturated heterocycles. The Morgan fingerprint density at radius 1 is 1.03 bits per heavy atom. The van der Waals surface area contributed by atoms with Gasteiger partial charge in [-0.25, -0.2) is 0 Å². The average molecular weight is 432 g/mol. The number of nitrogens with zero attached hydrogens (tertiary/aromatic N) is 1. The lowest BCUT2D eigenvalue weighted by Gasteiger charge is -2.33.